The molecule has 0 amide bonds. The fourth-order valence-corrected chi connectivity index (χ4v) is 2.98. The standard InChI is InChI=1S/C11H19NO3/c1-7(13)15-11-6-4-8-10(14)5-3-9(11)12(8)2/h8-11,14H,3-6H2,1-2H3/t8-,9-,10-,11-/m1/s1. The van der Waals surface area contributed by atoms with Crippen LogP contribution in [-0.4, -0.2) is 47.3 Å². The Morgan fingerprint density at radius 2 is 1.93 bits per heavy atom. The average Bonchev–Trinajstić information content (AvgIpc) is 2.13. The van der Waals surface area contributed by atoms with Gasteiger partial charge in [-0.15, -0.1) is 0 Å². The Labute approximate surface area is 90.2 Å². The van der Waals surface area contributed by atoms with Crippen LogP contribution in [0, 0.1) is 0 Å². The maximum atomic E-state index is 11.0. The molecule has 15 heavy (non-hydrogen) atoms. The lowest BCUT2D eigenvalue weighted by Gasteiger charge is -2.49. The minimum absolute atomic E-state index is 0.0243. The zero-order valence-corrected chi connectivity index (χ0v) is 9.35. The summed E-state index contributed by atoms with van der Waals surface area (Å²) in [6, 6.07) is 0.562. The number of ether oxygens (including phenoxy) is 1. The first-order valence-corrected chi connectivity index (χ1v) is 5.67. The molecule has 2 heterocycles. The van der Waals surface area contributed by atoms with Gasteiger partial charge in [0, 0.05) is 19.0 Å². The monoisotopic (exact) mass is 213 g/mol. The van der Waals surface area contributed by atoms with E-state index in [1.54, 1.807) is 0 Å². The number of carbonyl (C=O) groups is 1. The third kappa shape index (κ3) is 2.01. The number of piperidine rings is 2. The predicted molar refractivity (Wildman–Crippen MR) is 55.4 cm³/mol. The number of aliphatic hydroxyl groups excluding tert-OH is 1. The molecule has 1 N–H and O–H groups in total. The summed E-state index contributed by atoms with van der Waals surface area (Å²) >= 11 is 0. The molecule has 2 aliphatic rings. The molecular weight excluding hydrogens is 194 g/mol. The van der Waals surface area contributed by atoms with Crippen LogP contribution in [0.1, 0.15) is 32.6 Å². The van der Waals surface area contributed by atoms with Crippen molar-refractivity contribution in [2.75, 3.05) is 7.05 Å². The normalized spacial score (nSPS) is 41.3. The van der Waals surface area contributed by atoms with E-state index in [9.17, 15) is 9.90 Å². The molecule has 4 nitrogen and oxygen atoms in total. The van der Waals surface area contributed by atoms with Crippen LogP contribution in [0.3, 0.4) is 0 Å². The van der Waals surface area contributed by atoms with Crippen molar-refractivity contribution < 1.29 is 14.6 Å². The van der Waals surface area contributed by atoms with Crippen molar-refractivity contribution in [1.82, 2.24) is 4.90 Å². The van der Waals surface area contributed by atoms with Gasteiger partial charge in [-0.1, -0.05) is 0 Å². The van der Waals surface area contributed by atoms with Gasteiger partial charge in [0.1, 0.15) is 6.10 Å². The minimum atomic E-state index is -0.204. The molecule has 0 saturated carbocycles. The summed E-state index contributed by atoms with van der Waals surface area (Å²) in [6.07, 6.45) is 3.38. The van der Waals surface area contributed by atoms with E-state index in [0.717, 1.165) is 25.7 Å². The summed E-state index contributed by atoms with van der Waals surface area (Å²) in [5.41, 5.74) is 0. The van der Waals surface area contributed by atoms with Crippen molar-refractivity contribution in [3.63, 3.8) is 0 Å². The van der Waals surface area contributed by atoms with Gasteiger partial charge in [0.2, 0.25) is 0 Å². The first-order chi connectivity index (χ1) is 7.09. The van der Waals surface area contributed by atoms with Gasteiger partial charge in [0.15, 0.2) is 0 Å². The maximum absolute atomic E-state index is 11.0. The van der Waals surface area contributed by atoms with E-state index in [0.29, 0.717) is 6.04 Å². The zero-order chi connectivity index (χ0) is 11.0. The summed E-state index contributed by atoms with van der Waals surface area (Å²) in [4.78, 5) is 13.1. The molecule has 4 atom stereocenters. The maximum Gasteiger partial charge on any atom is 0.302 e. The number of nitrogens with zero attached hydrogens (tertiary/aromatic N) is 1. The fraction of sp³-hybridized carbons (Fsp3) is 0.909. The van der Waals surface area contributed by atoms with E-state index >= 15 is 0 Å². The lowest BCUT2D eigenvalue weighted by atomic mass is 9.81. The van der Waals surface area contributed by atoms with Crippen molar-refractivity contribution in [3.8, 4) is 0 Å². The molecule has 2 aliphatic heterocycles. The molecule has 2 rings (SSSR count). The van der Waals surface area contributed by atoms with E-state index in [1.165, 1.54) is 6.92 Å². The summed E-state index contributed by atoms with van der Waals surface area (Å²) in [5, 5.41) is 9.81. The van der Waals surface area contributed by atoms with Gasteiger partial charge in [0.05, 0.1) is 6.10 Å². The fourth-order valence-electron chi connectivity index (χ4n) is 2.98. The average molecular weight is 213 g/mol. The first kappa shape index (κ1) is 10.9. The van der Waals surface area contributed by atoms with E-state index in [-0.39, 0.29) is 24.2 Å². The van der Waals surface area contributed by atoms with E-state index < -0.39 is 0 Å². The van der Waals surface area contributed by atoms with Crippen LogP contribution in [-0.2, 0) is 9.53 Å². The molecule has 4 heteroatoms. The van der Waals surface area contributed by atoms with Crippen LogP contribution in [0.5, 0.6) is 0 Å². The number of hydrogen-bond donors (Lipinski definition) is 1. The molecule has 0 radical (unpaired) electrons. The van der Waals surface area contributed by atoms with Gasteiger partial charge in [0.25, 0.3) is 0 Å². The smallest absolute Gasteiger partial charge is 0.302 e. The number of carbonyl (C=O) groups excluding carboxylic acids is 1. The quantitative estimate of drug-likeness (QED) is 0.646. The van der Waals surface area contributed by atoms with Gasteiger partial charge in [-0.2, -0.15) is 0 Å². The van der Waals surface area contributed by atoms with Crippen molar-refractivity contribution >= 4 is 5.97 Å². The Hall–Kier alpha value is -0.610. The van der Waals surface area contributed by atoms with Crippen LogP contribution < -0.4 is 0 Å². The molecule has 2 bridgehead atoms. The first-order valence-electron chi connectivity index (χ1n) is 5.67. The molecule has 0 aromatic carbocycles. The Morgan fingerprint density at radius 1 is 1.27 bits per heavy atom. The molecule has 0 spiro atoms. The Kier molecular flexibility index (Phi) is 2.98. The molecule has 2 saturated heterocycles. The van der Waals surface area contributed by atoms with E-state index in [1.807, 2.05) is 7.05 Å². The van der Waals surface area contributed by atoms with Gasteiger partial charge in [-0.05, 0) is 32.7 Å². The Morgan fingerprint density at radius 3 is 2.60 bits per heavy atom. The number of likely N-dealkylation sites (N-methyl/N-ethyl adjacent to an activating group) is 1. The highest BCUT2D eigenvalue weighted by atomic mass is 16.5. The van der Waals surface area contributed by atoms with Crippen LogP contribution in [0.25, 0.3) is 0 Å². The number of aliphatic hydroxyl groups is 1. The molecule has 0 unspecified atom stereocenters. The number of hydrogen-bond acceptors (Lipinski definition) is 4. The third-order valence-electron chi connectivity index (χ3n) is 3.74. The lowest BCUT2D eigenvalue weighted by molar-refractivity contribution is -0.159. The van der Waals surface area contributed by atoms with Crippen LogP contribution in [0.4, 0.5) is 0 Å². The highest BCUT2D eigenvalue weighted by molar-refractivity contribution is 5.66. The Bertz CT molecular complexity index is 256. The summed E-state index contributed by atoms with van der Waals surface area (Å²) in [7, 11) is 2.02. The second-order valence-electron chi connectivity index (χ2n) is 4.67. The zero-order valence-electron chi connectivity index (χ0n) is 9.35. The molecule has 0 aromatic heterocycles. The highest BCUT2D eigenvalue weighted by Gasteiger charge is 2.43. The lowest BCUT2D eigenvalue weighted by Crippen LogP contribution is -2.59. The minimum Gasteiger partial charge on any atom is -0.461 e. The van der Waals surface area contributed by atoms with Crippen molar-refractivity contribution in [3.05, 3.63) is 0 Å². The number of fused-ring (bicyclic) bond motifs is 2. The largest absolute Gasteiger partial charge is 0.461 e. The molecular formula is C11H19NO3. The van der Waals surface area contributed by atoms with Gasteiger partial charge < -0.3 is 9.84 Å². The topological polar surface area (TPSA) is 49.8 Å². The van der Waals surface area contributed by atoms with Gasteiger partial charge >= 0.3 is 5.97 Å². The second kappa shape index (κ2) is 4.10. The van der Waals surface area contributed by atoms with Gasteiger partial charge in [-0.3, -0.25) is 9.69 Å². The number of esters is 1. The Balaban J connectivity index is 2.05. The SMILES string of the molecule is CC(=O)O[C@@H]1CC[C@@H]2[C@H](O)CC[C@H]1N2C. The van der Waals surface area contributed by atoms with E-state index in [4.69, 9.17) is 4.74 Å². The summed E-state index contributed by atoms with van der Waals surface area (Å²) < 4.78 is 5.32. The predicted octanol–water partition coefficient (Wildman–Crippen LogP) is 0.536. The molecule has 2 fully saturated rings. The second-order valence-corrected chi connectivity index (χ2v) is 4.67. The highest BCUT2D eigenvalue weighted by Crippen LogP contribution is 2.34. The summed E-state index contributed by atoms with van der Waals surface area (Å²) in [5.74, 6) is -0.196. The van der Waals surface area contributed by atoms with Crippen LogP contribution in [0.15, 0.2) is 0 Å². The van der Waals surface area contributed by atoms with Crippen LogP contribution in [0.2, 0.25) is 0 Å². The van der Waals surface area contributed by atoms with Crippen molar-refractivity contribution in [1.29, 1.82) is 0 Å². The summed E-state index contributed by atoms with van der Waals surface area (Å²) in [6.45, 7) is 1.46. The molecule has 0 aromatic rings. The molecule has 86 valence electrons. The van der Waals surface area contributed by atoms with Crippen LogP contribution >= 0.6 is 0 Å². The number of rotatable bonds is 1. The van der Waals surface area contributed by atoms with Crippen molar-refractivity contribution in [2.45, 2.75) is 56.9 Å². The van der Waals surface area contributed by atoms with Crippen molar-refractivity contribution in [2.24, 2.45) is 0 Å². The van der Waals surface area contributed by atoms with Gasteiger partial charge in [-0.25, -0.2) is 0 Å². The molecule has 0 aliphatic carbocycles. The van der Waals surface area contributed by atoms with E-state index in [2.05, 4.69) is 4.90 Å². The third-order valence-corrected chi connectivity index (χ3v) is 3.74.